The zero-order chi connectivity index (χ0) is 23.9. The number of nitrogens with zero attached hydrogens (tertiary/aromatic N) is 3. The molecule has 1 saturated carbocycles. The molecule has 174 valence electrons. The Balaban J connectivity index is 1.34. The van der Waals surface area contributed by atoms with Crippen LogP contribution in [0.1, 0.15) is 40.0 Å². The molecule has 8 heteroatoms. The van der Waals surface area contributed by atoms with Crippen molar-refractivity contribution in [2.24, 2.45) is 0 Å². The lowest BCUT2D eigenvalue weighted by Crippen LogP contribution is -2.13. The molecule has 6 nitrogen and oxygen atoms in total. The number of thiophene rings is 1. The summed E-state index contributed by atoms with van der Waals surface area (Å²) in [5.41, 5.74) is 5.08. The molecule has 0 bridgehead atoms. The van der Waals surface area contributed by atoms with Crippen LogP contribution in [0.3, 0.4) is 0 Å². The zero-order valence-corrected chi connectivity index (χ0v) is 20.6. The van der Waals surface area contributed by atoms with E-state index < -0.39 is 0 Å². The number of carbonyl (C=O) groups is 1. The number of hydrogen-bond acceptors (Lipinski definition) is 6. The number of benzene rings is 2. The van der Waals surface area contributed by atoms with Gasteiger partial charge in [-0.15, -0.1) is 11.3 Å². The lowest BCUT2D eigenvalue weighted by Gasteiger charge is -2.14. The molecule has 3 heterocycles. The van der Waals surface area contributed by atoms with Crippen LogP contribution in [0.5, 0.6) is 0 Å². The maximum absolute atomic E-state index is 13.4. The summed E-state index contributed by atoms with van der Waals surface area (Å²) in [5.74, 6) is 0.625. The van der Waals surface area contributed by atoms with Gasteiger partial charge in [0.2, 0.25) is 0 Å². The number of hydrogen-bond donors (Lipinski definition) is 2. The first kappa shape index (κ1) is 21.9. The molecule has 0 spiro atoms. The Labute approximate surface area is 211 Å². The van der Waals surface area contributed by atoms with Crippen LogP contribution >= 0.6 is 22.9 Å². The topological polar surface area (TPSA) is 79.8 Å². The third-order valence-corrected chi connectivity index (χ3v) is 7.50. The van der Waals surface area contributed by atoms with Gasteiger partial charge in [0.25, 0.3) is 5.91 Å². The summed E-state index contributed by atoms with van der Waals surface area (Å²) in [7, 11) is 0. The van der Waals surface area contributed by atoms with Crippen LogP contribution in [0.15, 0.2) is 60.4 Å². The van der Waals surface area contributed by atoms with E-state index in [9.17, 15) is 4.79 Å². The Kier molecular flexibility index (Phi) is 5.59. The van der Waals surface area contributed by atoms with Crippen molar-refractivity contribution in [3.8, 4) is 0 Å². The van der Waals surface area contributed by atoms with Crippen molar-refractivity contribution in [1.29, 1.82) is 0 Å². The van der Waals surface area contributed by atoms with E-state index in [1.165, 1.54) is 17.7 Å². The van der Waals surface area contributed by atoms with Gasteiger partial charge >= 0.3 is 0 Å². The standard InChI is InChI=1S/C27H22ClN5OS/c1-15-2-9-19-20(10-11-29-22(19)12-16-3-5-17(28)6-4-16)23(15)33-27(34)21-13-35-25-24(21)30-14-31-26(25)32-18-7-8-18/h2-6,9-11,13-14,18H,7-8,12H2,1H3,(H,33,34)(H,30,31,32). The maximum Gasteiger partial charge on any atom is 0.258 e. The van der Waals surface area contributed by atoms with Crippen LogP contribution in [0.2, 0.25) is 5.02 Å². The Morgan fingerprint density at radius 1 is 1.06 bits per heavy atom. The quantitative estimate of drug-likeness (QED) is 0.274. The van der Waals surface area contributed by atoms with Crippen molar-refractivity contribution < 1.29 is 4.79 Å². The van der Waals surface area contributed by atoms with E-state index in [4.69, 9.17) is 11.6 Å². The number of anilines is 2. The Morgan fingerprint density at radius 2 is 1.89 bits per heavy atom. The van der Waals surface area contributed by atoms with Crippen molar-refractivity contribution in [3.05, 3.63) is 87.8 Å². The number of amides is 1. The third-order valence-electron chi connectivity index (χ3n) is 6.28. The molecular weight excluding hydrogens is 478 g/mol. The molecule has 0 atom stereocenters. The monoisotopic (exact) mass is 499 g/mol. The van der Waals surface area contributed by atoms with Crippen LogP contribution in [-0.2, 0) is 6.42 Å². The molecule has 5 aromatic rings. The summed E-state index contributed by atoms with van der Waals surface area (Å²) in [6.45, 7) is 2.00. The van der Waals surface area contributed by atoms with E-state index in [2.05, 4.69) is 31.7 Å². The molecule has 0 saturated heterocycles. The number of rotatable bonds is 6. The summed E-state index contributed by atoms with van der Waals surface area (Å²) in [6.07, 6.45) is 6.30. The fraction of sp³-hybridized carbons (Fsp3) is 0.185. The molecule has 0 unspecified atom stereocenters. The first-order valence-corrected chi connectivity index (χ1v) is 12.7. The van der Waals surface area contributed by atoms with E-state index in [1.807, 2.05) is 48.7 Å². The van der Waals surface area contributed by atoms with Gasteiger partial charge in [0.05, 0.1) is 27.2 Å². The molecule has 3 aromatic heterocycles. The second-order valence-corrected chi connectivity index (χ2v) is 10.2. The zero-order valence-electron chi connectivity index (χ0n) is 19.0. The number of halogens is 1. The Bertz CT molecular complexity index is 1580. The first-order chi connectivity index (χ1) is 17.1. The van der Waals surface area contributed by atoms with Gasteiger partial charge < -0.3 is 10.6 Å². The van der Waals surface area contributed by atoms with E-state index in [0.717, 1.165) is 56.6 Å². The van der Waals surface area contributed by atoms with Crippen LogP contribution in [-0.4, -0.2) is 26.9 Å². The van der Waals surface area contributed by atoms with Gasteiger partial charge in [0, 0.05) is 39.8 Å². The van der Waals surface area contributed by atoms with Gasteiger partial charge in [-0.2, -0.15) is 0 Å². The van der Waals surface area contributed by atoms with E-state index in [-0.39, 0.29) is 5.91 Å². The van der Waals surface area contributed by atoms with Crippen molar-refractivity contribution in [2.45, 2.75) is 32.2 Å². The minimum absolute atomic E-state index is 0.181. The van der Waals surface area contributed by atoms with Gasteiger partial charge in [-0.25, -0.2) is 9.97 Å². The lowest BCUT2D eigenvalue weighted by atomic mass is 10.00. The van der Waals surface area contributed by atoms with Gasteiger partial charge in [-0.3, -0.25) is 9.78 Å². The fourth-order valence-corrected chi connectivity index (χ4v) is 5.32. The van der Waals surface area contributed by atoms with E-state index >= 15 is 0 Å². The Hall–Kier alpha value is -3.55. The number of fused-ring (bicyclic) bond motifs is 2. The third kappa shape index (κ3) is 4.33. The summed E-state index contributed by atoms with van der Waals surface area (Å²) in [4.78, 5) is 26.9. The van der Waals surface area contributed by atoms with Crippen molar-refractivity contribution in [3.63, 3.8) is 0 Å². The van der Waals surface area contributed by atoms with Crippen LogP contribution in [0, 0.1) is 6.92 Å². The summed E-state index contributed by atoms with van der Waals surface area (Å²) in [5, 5.41) is 11.1. The molecule has 1 aliphatic carbocycles. The molecule has 2 N–H and O–H groups in total. The molecular formula is C27H22ClN5OS. The van der Waals surface area contributed by atoms with Gasteiger partial charge in [0.1, 0.15) is 12.1 Å². The molecule has 6 rings (SSSR count). The number of aromatic nitrogens is 3. The van der Waals surface area contributed by atoms with Gasteiger partial charge in [-0.05, 0) is 49.1 Å². The van der Waals surface area contributed by atoms with Gasteiger partial charge in [-0.1, -0.05) is 35.9 Å². The predicted molar refractivity (Wildman–Crippen MR) is 143 cm³/mol. The van der Waals surface area contributed by atoms with Gasteiger partial charge in [0.15, 0.2) is 0 Å². The molecule has 1 fully saturated rings. The molecule has 1 amide bonds. The normalized spacial score (nSPS) is 13.3. The van der Waals surface area contributed by atoms with Crippen LogP contribution in [0.25, 0.3) is 21.0 Å². The Morgan fingerprint density at radius 3 is 2.69 bits per heavy atom. The summed E-state index contributed by atoms with van der Waals surface area (Å²) < 4.78 is 0.911. The average Bonchev–Trinajstić information content (AvgIpc) is 3.57. The highest BCUT2D eigenvalue weighted by molar-refractivity contribution is 7.18. The highest BCUT2D eigenvalue weighted by Crippen LogP contribution is 2.34. The largest absolute Gasteiger partial charge is 0.366 e. The van der Waals surface area contributed by atoms with E-state index in [0.29, 0.717) is 28.6 Å². The number of aryl methyl sites for hydroxylation is 1. The maximum atomic E-state index is 13.4. The highest BCUT2D eigenvalue weighted by Gasteiger charge is 2.24. The molecule has 0 aliphatic heterocycles. The minimum atomic E-state index is -0.181. The predicted octanol–water partition coefficient (Wildman–Crippen LogP) is 6.62. The fourth-order valence-electron chi connectivity index (χ4n) is 4.24. The second kappa shape index (κ2) is 8.91. The number of carbonyl (C=O) groups excluding carboxylic acids is 1. The second-order valence-electron chi connectivity index (χ2n) is 8.84. The van der Waals surface area contributed by atoms with Crippen molar-refractivity contribution in [2.75, 3.05) is 10.6 Å². The summed E-state index contributed by atoms with van der Waals surface area (Å²) >= 11 is 7.54. The minimum Gasteiger partial charge on any atom is -0.366 e. The highest BCUT2D eigenvalue weighted by atomic mass is 35.5. The van der Waals surface area contributed by atoms with Crippen LogP contribution in [0.4, 0.5) is 11.5 Å². The number of nitrogens with one attached hydrogen (secondary N) is 2. The van der Waals surface area contributed by atoms with Crippen molar-refractivity contribution >= 4 is 61.3 Å². The van der Waals surface area contributed by atoms with Crippen molar-refractivity contribution in [1.82, 2.24) is 15.0 Å². The molecule has 35 heavy (non-hydrogen) atoms. The molecule has 2 aromatic carbocycles. The SMILES string of the molecule is Cc1ccc2c(Cc3ccc(Cl)cc3)nccc2c1NC(=O)c1csc2c(NC3CC3)ncnc12. The van der Waals surface area contributed by atoms with Crippen LogP contribution < -0.4 is 10.6 Å². The average molecular weight is 500 g/mol. The molecule has 0 radical (unpaired) electrons. The molecule has 1 aliphatic rings. The number of pyridine rings is 1. The summed E-state index contributed by atoms with van der Waals surface area (Å²) in [6, 6.07) is 14.3. The lowest BCUT2D eigenvalue weighted by molar-refractivity contribution is 0.102. The smallest absolute Gasteiger partial charge is 0.258 e. The van der Waals surface area contributed by atoms with E-state index in [1.54, 1.807) is 6.20 Å². The first-order valence-electron chi connectivity index (χ1n) is 11.5.